The summed E-state index contributed by atoms with van der Waals surface area (Å²) in [5.74, 6) is -0.172. The van der Waals surface area contributed by atoms with Crippen molar-refractivity contribution in [2.75, 3.05) is 13.1 Å². The van der Waals surface area contributed by atoms with Crippen LogP contribution in [0.25, 0.3) is 11.3 Å². The summed E-state index contributed by atoms with van der Waals surface area (Å²) in [5.41, 5.74) is 2.22. The van der Waals surface area contributed by atoms with Crippen LogP contribution in [0, 0.1) is 6.92 Å². The highest BCUT2D eigenvalue weighted by atomic mass is 16.4. The monoisotopic (exact) mass is 340 g/mol. The van der Waals surface area contributed by atoms with E-state index in [1.165, 1.54) is 6.20 Å². The molecule has 2 aromatic rings. The third-order valence-electron chi connectivity index (χ3n) is 4.38. The number of piperidine rings is 1. The molecule has 1 saturated heterocycles. The van der Waals surface area contributed by atoms with Gasteiger partial charge in [0.1, 0.15) is 5.82 Å². The van der Waals surface area contributed by atoms with Gasteiger partial charge < -0.3 is 10.0 Å². The molecule has 0 aliphatic carbocycles. The first-order valence-electron chi connectivity index (χ1n) is 8.24. The molecule has 1 amide bonds. The number of hydrogen-bond donors (Lipinski definition) is 1. The van der Waals surface area contributed by atoms with Crippen molar-refractivity contribution in [1.82, 2.24) is 19.9 Å². The van der Waals surface area contributed by atoms with Crippen LogP contribution in [0.1, 0.15) is 47.6 Å². The summed E-state index contributed by atoms with van der Waals surface area (Å²) >= 11 is 0. The zero-order valence-corrected chi connectivity index (χ0v) is 14.3. The summed E-state index contributed by atoms with van der Waals surface area (Å²) in [6.45, 7) is 4.85. The Labute approximate surface area is 145 Å². The van der Waals surface area contributed by atoms with Gasteiger partial charge in [-0.15, -0.1) is 0 Å². The lowest BCUT2D eigenvalue weighted by atomic mass is 9.96. The maximum Gasteiger partial charge on any atom is 0.337 e. The minimum absolute atomic E-state index is 0.0657. The molecule has 0 saturated carbocycles. The average molecular weight is 340 g/mol. The lowest BCUT2D eigenvalue weighted by Crippen LogP contribution is -2.38. The first-order chi connectivity index (χ1) is 11.9. The predicted molar refractivity (Wildman–Crippen MR) is 91.2 cm³/mol. The van der Waals surface area contributed by atoms with E-state index in [4.69, 9.17) is 5.11 Å². The number of amides is 1. The SMILES string of the molecule is CC(=O)N1CCCC(c2nc(C)cc(-c3cncc(C(=O)O)c3)n2)C1. The Kier molecular flexibility index (Phi) is 4.74. The Morgan fingerprint density at radius 2 is 2.04 bits per heavy atom. The first kappa shape index (κ1) is 17.0. The van der Waals surface area contributed by atoms with E-state index in [-0.39, 0.29) is 17.4 Å². The summed E-state index contributed by atoms with van der Waals surface area (Å²) in [5, 5.41) is 9.14. The number of aromatic nitrogens is 3. The predicted octanol–water partition coefficient (Wildman–Crippen LogP) is 2.27. The van der Waals surface area contributed by atoms with Gasteiger partial charge in [0, 0.05) is 49.6 Å². The number of aryl methyl sites for hydroxylation is 1. The van der Waals surface area contributed by atoms with Crippen LogP contribution >= 0.6 is 0 Å². The van der Waals surface area contributed by atoms with Crippen LogP contribution in [-0.4, -0.2) is 49.9 Å². The highest BCUT2D eigenvalue weighted by Crippen LogP contribution is 2.27. The molecule has 7 heteroatoms. The van der Waals surface area contributed by atoms with E-state index >= 15 is 0 Å². The Hall–Kier alpha value is -2.83. The molecule has 1 N–H and O–H groups in total. The number of carboxylic acids is 1. The largest absolute Gasteiger partial charge is 0.478 e. The fourth-order valence-electron chi connectivity index (χ4n) is 3.09. The molecule has 2 aromatic heterocycles. The summed E-state index contributed by atoms with van der Waals surface area (Å²) < 4.78 is 0. The minimum atomic E-state index is -1.02. The summed E-state index contributed by atoms with van der Waals surface area (Å²) in [7, 11) is 0. The van der Waals surface area contributed by atoms with Crippen LogP contribution in [0.5, 0.6) is 0 Å². The zero-order chi connectivity index (χ0) is 18.0. The second-order valence-electron chi connectivity index (χ2n) is 6.32. The zero-order valence-electron chi connectivity index (χ0n) is 14.3. The van der Waals surface area contributed by atoms with Gasteiger partial charge in [-0.2, -0.15) is 0 Å². The van der Waals surface area contributed by atoms with Crippen LogP contribution in [0.15, 0.2) is 24.5 Å². The van der Waals surface area contributed by atoms with E-state index < -0.39 is 5.97 Å². The molecule has 25 heavy (non-hydrogen) atoms. The highest BCUT2D eigenvalue weighted by Gasteiger charge is 2.25. The number of nitrogens with zero attached hydrogens (tertiary/aromatic N) is 4. The van der Waals surface area contributed by atoms with Gasteiger partial charge >= 0.3 is 5.97 Å². The molecule has 1 unspecified atom stereocenters. The summed E-state index contributed by atoms with van der Waals surface area (Å²) in [4.78, 5) is 37.8. The van der Waals surface area contributed by atoms with Crippen LogP contribution in [0.2, 0.25) is 0 Å². The Morgan fingerprint density at radius 1 is 1.24 bits per heavy atom. The van der Waals surface area contributed by atoms with E-state index in [1.54, 1.807) is 19.2 Å². The minimum Gasteiger partial charge on any atom is -0.478 e. The molecule has 0 aromatic carbocycles. The number of likely N-dealkylation sites (tertiary alicyclic amines) is 1. The Balaban J connectivity index is 1.94. The number of aromatic carboxylic acids is 1. The number of pyridine rings is 1. The van der Waals surface area contributed by atoms with Crippen LogP contribution < -0.4 is 0 Å². The van der Waals surface area contributed by atoms with Gasteiger partial charge in [0.2, 0.25) is 5.91 Å². The summed E-state index contributed by atoms with van der Waals surface area (Å²) in [6, 6.07) is 3.38. The number of carbonyl (C=O) groups is 2. The van der Waals surface area contributed by atoms with Crippen molar-refractivity contribution in [3.05, 3.63) is 41.6 Å². The smallest absolute Gasteiger partial charge is 0.337 e. The van der Waals surface area contributed by atoms with Crippen molar-refractivity contribution in [3.8, 4) is 11.3 Å². The quantitative estimate of drug-likeness (QED) is 0.921. The maximum atomic E-state index is 11.7. The molecule has 0 radical (unpaired) electrons. The van der Waals surface area contributed by atoms with Crippen molar-refractivity contribution in [1.29, 1.82) is 0 Å². The fraction of sp³-hybridized carbons (Fsp3) is 0.389. The van der Waals surface area contributed by atoms with Crippen molar-refractivity contribution in [2.24, 2.45) is 0 Å². The van der Waals surface area contributed by atoms with Gasteiger partial charge in [0.25, 0.3) is 0 Å². The molecule has 0 bridgehead atoms. The van der Waals surface area contributed by atoms with Crippen molar-refractivity contribution in [3.63, 3.8) is 0 Å². The first-order valence-corrected chi connectivity index (χ1v) is 8.24. The number of carbonyl (C=O) groups excluding carboxylic acids is 1. The molecule has 3 rings (SSSR count). The van der Waals surface area contributed by atoms with E-state index in [0.29, 0.717) is 23.6 Å². The van der Waals surface area contributed by atoms with Crippen molar-refractivity contribution < 1.29 is 14.7 Å². The molecular formula is C18H20N4O3. The second kappa shape index (κ2) is 6.96. The second-order valence-corrected chi connectivity index (χ2v) is 6.32. The van der Waals surface area contributed by atoms with Gasteiger partial charge in [-0.25, -0.2) is 14.8 Å². The lowest BCUT2D eigenvalue weighted by molar-refractivity contribution is -0.130. The number of hydrogen-bond acceptors (Lipinski definition) is 5. The van der Waals surface area contributed by atoms with Gasteiger partial charge in [-0.05, 0) is 31.9 Å². The topological polar surface area (TPSA) is 96.3 Å². The average Bonchev–Trinajstić information content (AvgIpc) is 2.61. The van der Waals surface area contributed by atoms with Crippen LogP contribution in [0.3, 0.4) is 0 Å². The molecule has 1 fully saturated rings. The third kappa shape index (κ3) is 3.81. The maximum absolute atomic E-state index is 11.7. The Morgan fingerprint density at radius 3 is 2.76 bits per heavy atom. The molecule has 7 nitrogen and oxygen atoms in total. The van der Waals surface area contributed by atoms with Gasteiger partial charge in [-0.3, -0.25) is 9.78 Å². The third-order valence-corrected chi connectivity index (χ3v) is 4.38. The van der Waals surface area contributed by atoms with E-state index in [1.807, 2.05) is 17.9 Å². The van der Waals surface area contributed by atoms with E-state index in [2.05, 4.69) is 15.0 Å². The molecular weight excluding hydrogens is 320 g/mol. The fourth-order valence-corrected chi connectivity index (χ4v) is 3.09. The molecule has 130 valence electrons. The Bertz CT molecular complexity index is 822. The van der Waals surface area contributed by atoms with Gasteiger partial charge in [-0.1, -0.05) is 0 Å². The lowest BCUT2D eigenvalue weighted by Gasteiger charge is -2.31. The van der Waals surface area contributed by atoms with Crippen molar-refractivity contribution in [2.45, 2.75) is 32.6 Å². The standard InChI is InChI=1S/C18H20N4O3/c1-11-6-16(14-7-15(18(24)25)9-19-8-14)21-17(20-11)13-4-3-5-22(10-13)12(2)23/h6-9,13H,3-5,10H2,1-2H3,(H,24,25). The molecule has 1 aliphatic heterocycles. The van der Waals surface area contributed by atoms with E-state index in [9.17, 15) is 9.59 Å². The van der Waals surface area contributed by atoms with Crippen LogP contribution in [0.4, 0.5) is 0 Å². The van der Waals surface area contributed by atoms with Gasteiger partial charge in [0.05, 0.1) is 11.3 Å². The molecule has 1 aliphatic rings. The molecule has 0 spiro atoms. The summed E-state index contributed by atoms with van der Waals surface area (Å²) in [6.07, 6.45) is 4.76. The van der Waals surface area contributed by atoms with Crippen molar-refractivity contribution >= 4 is 11.9 Å². The molecule has 3 heterocycles. The van der Waals surface area contributed by atoms with E-state index in [0.717, 1.165) is 25.1 Å². The molecule has 1 atom stereocenters. The van der Waals surface area contributed by atoms with Gasteiger partial charge in [0.15, 0.2) is 0 Å². The number of rotatable bonds is 3. The highest BCUT2D eigenvalue weighted by molar-refractivity contribution is 5.88. The normalized spacial score (nSPS) is 17.4. The van der Waals surface area contributed by atoms with Crippen LogP contribution in [-0.2, 0) is 4.79 Å². The number of carboxylic acid groups (broad SMARTS) is 1.